The molecule has 5 nitrogen and oxygen atoms in total. The number of hydrogen-bond acceptors (Lipinski definition) is 5. The number of ether oxygens (including phenoxy) is 1. The van der Waals surface area contributed by atoms with E-state index in [1.165, 1.54) is 0 Å². The smallest absolute Gasteiger partial charge is 0.367 e. The molecule has 0 aliphatic heterocycles. The molecule has 0 saturated carbocycles. The van der Waals surface area contributed by atoms with Gasteiger partial charge in [0.1, 0.15) is 12.4 Å². The van der Waals surface area contributed by atoms with Crippen molar-refractivity contribution in [1.29, 1.82) is 0 Å². The van der Waals surface area contributed by atoms with Crippen molar-refractivity contribution < 1.29 is 23.1 Å². The van der Waals surface area contributed by atoms with Crippen LogP contribution in [0.25, 0.3) is 0 Å². The fourth-order valence-electron chi connectivity index (χ4n) is 0.940. The molecule has 1 atom stereocenters. The van der Waals surface area contributed by atoms with Crippen molar-refractivity contribution in [2.75, 3.05) is 13.2 Å². The van der Waals surface area contributed by atoms with Crippen molar-refractivity contribution in [3.63, 3.8) is 0 Å². The fraction of sp³-hybridized carbons (Fsp3) is 0.182. The second-order valence-corrected chi connectivity index (χ2v) is 3.88. The second-order valence-electron chi connectivity index (χ2n) is 2.89. The van der Waals surface area contributed by atoms with Crippen LogP contribution < -0.4 is 4.52 Å². The Balaban J connectivity index is 2.18. The molecule has 92 valence electrons. The molecule has 0 amide bonds. The molecule has 0 fully saturated rings. The number of benzene rings is 1. The van der Waals surface area contributed by atoms with Crippen molar-refractivity contribution in [3.05, 3.63) is 43.0 Å². The zero-order valence-electron chi connectivity index (χ0n) is 9.13. The van der Waals surface area contributed by atoms with Crippen LogP contribution in [0.3, 0.4) is 0 Å². The van der Waals surface area contributed by atoms with Crippen molar-refractivity contribution in [2.45, 2.75) is 0 Å². The SMILES string of the molecule is C=CC(=O)OCCO[PH](=O)Oc1ccccc1. The first kappa shape index (κ1) is 13.5. The van der Waals surface area contributed by atoms with Gasteiger partial charge in [-0.15, -0.1) is 0 Å². The van der Waals surface area contributed by atoms with Crippen LogP contribution in [-0.2, 0) is 18.6 Å². The van der Waals surface area contributed by atoms with Crippen LogP contribution in [0, 0.1) is 0 Å². The van der Waals surface area contributed by atoms with E-state index in [2.05, 4.69) is 11.3 Å². The van der Waals surface area contributed by atoms with Gasteiger partial charge in [-0.1, -0.05) is 24.8 Å². The predicted octanol–water partition coefficient (Wildman–Crippen LogP) is 2.20. The third-order valence-corrected chi connectivity index (χ3v) is 2.50. The summed E-state index contributed by atoms with van der Waals surface area (Å²) in [4.78, 5) is 10.7. The quantitative estimate of drug-likeness (QED) is 0.324. The highest BCUT2D eigenvalue weighted by molar-refractivity contribution is 7.33. The Labute approximate surface area is 99.9 Å². The number of esters is 1. The number of hydrogen-bond donors (Lipinski definition) is 0. The lowest BCUT2D eigenvalue weighted by atomic mass is 10.3. The minimum atomic E-state index is -2.61. The number of rotatable bonds is 7. The summed E-state index contributed by atoms with van der Waals surface area (Å²) in [7, 11) is -2.61. The van der Waals surface area contributed by atoms with Crippen molar-refractivity contribution >= 4 is 14.2 Å². The zero-order chi connectivity index (χ0) is 12.5. The van der Waals surface area contributed by atoms with E-state index in [4.69, 9.17) is 9.05 Å². The van der Waals surface area contributed by atoms with E-state index in [-0.39, 0.29) is 13.2 Å². The van der Waals surface area contributed by atoms with Gasteiger partial charge in [-0.05, 0) is 12.1 Å². The van der Waals surface area contributed by atoms with E-state index in [1.807, 2.05) is 6.07 Å². The third kappa shape index (κ3) is 5.90. The van der Waals surface area contributed by atoms with Crippen LogP contribution in [0.4, 0.5) is 0 Å². The Morgan fingerprint density at radius 1 is 1.29 bits per heavy atom. The highest BCUT2D eigenvalue weighted by Gasteiger charge is 2.02. The van der Waals surface area contributed by atoms with Crippen LogP contribution in [0.2, 0.25) is 0 Å². The molecule has 6 heteroatoms. The Morgan fingerprint density at radius 3 is 2.65 bits per heavy atom. The maximum absolute atomic E-state index is 11.3. The molecule has 1 unspecified atom stereocenters. The lowest BCUT2D eigenvalue weighted by Gasteiger charge is -2.06. The predicted molar refractivity (Wildman–Crippen MR) is 63.2 cm³/mol. The van der Waals surface area contributed by atoms with Gasteiger partial charge in [-0.3, -0.25) is 4.52 Å². The first-order valence-corrected chi connectivity index (χ1v) is 6.13. The highest BCUT2D eigenvalue weighted by Crippen LogP contribution is 2.27. The number of carbonyl (C=O) groups excluding carboxylic acids is 1. The summed E-state index contributed by atoms with van der Waals surface area (Å²) in [5.41, 5.74) is 0. The molecule has 0 aliphatic carbocycles. The lowest BCUT2D eigenvalue weighted by molar-refractivity contribution is -0.138. The van der Waals surface area contributed by atoms with Gasteiger partial charge in [-0.25, -0.2) is 9.36 Å². The lowest BCUT2D eigenvalue weighted by Crippen LogP contribution is -2.06. The Hall–Kier alpha value is -1.58. The summed E-state index contributed by atoms with van der Waals surface area (Å²) in [6, 6.07) is 8.68. The Bertz CT molecular complexity index is 390. The minimum Gasteiger partial charge on any atom is -0.460 e. The molecule has 0 N–H and O–H groups in total. The number of para-hydroxylation sites is 1. The summed E-state index contributed by atoms with van der Waals surface area (Å²) < 4.78 is 25.8. The van der Waals surface area contributed by atoms with E-state index < -0.39 is 14.2 Å². The summed E-state index contributed by atoms with van der Waals surface area (Å²) in [5, 5.41) is 0. The molecule has 0 radical (unpaired) electrons. The highest BCUT2D eigenvalue weighted by atomic mass is 31.1. The van der Waals surface area contributed by atoms with Gasteiger partial charge >= 0.3 is 14.2 Å². The topological polar surface area (TPSA) is 61.8 Å². The van der Waals surface area contributed by atoms with Gasteiger partial charge in [0.15, 0.2) is 0 Å². The maximum Gasteiger partial charge on any atom is 0.367 e. The molecule has 0 heterocycles. The average molecular weight is 256 g/mol. The molecule has 17 heavy (non-hydrogen) atoms. The molecular weight excluding hydrogens is 243 g/mol. The van der Waals surface area contributed by atoms with E-state index in [0.29, 0.717) is 5.75 Å². The van der Waals surface area contributed by atoms with Crippen molar-refractivity contribution in [3.8, 4) is 5.75 Å². The first-order valence-electron chi connectivity index (χ1n) is 4.91. The maximum atomic E-state index is 11.3. The van der Waals surface area contributed by atoms with Gasteiger partial charge in [-0.2, -0.15) is 0 Å². The monoisotopic (exact) mass is 256 g/mol. The van der Waals surface area contributed by atoms with E-state index in [9.17, 15) is 9.36 Å². The third-order valence-electron chi connectivity index (χ3n) is 1.66. The summed E-state index contributed by atoms with van der Waals surface area (Å²) in [6.45, 7) is 3.27. The van der Waals surface area contributed by atoms with Crippen LogP contribution in [0.15, 0.2) is 43.0 Å². The summed E-state index contributed by atoms with van der Waals surface area (Å²) in [5.74, 6) is -0.0725. The van der Waals surface area contributed by atoms with Crippen LogP contribution in [0.1, 0.15) is 0 Å². The van der Waals surface area contributed by atoms with Crippen LogP contribution >= 0.6 is 8.25 Å². The summed E-state index contributed by atoms with van der Waals surface area (Å²) in [6.07, 6.45) is 1.05. The first-order chi connectivity index (χ1) is 8.22. The molecule has 1 aromatic rings. The largest absolute Gasteiger partial charge is 0.460 e. The molecule has 0 spiro atoms. The second kappa shape index (κ2) is 7.65. The van der Waals surface area contributed by atoms with Gasteiger partial charge in [0.05, 0.1) is 6.61 Å². The normalized spacial score (nSPS) is 11.5. The van der Waals surface area contributed by atoms with Gasteiger partial charge in [0, 0.05) is 6.08 Å². The molecular formula is C11H13O5P. The van der Waals surface area contributed by atoms with Crippen molar-refractivity contribution in [1.82, 2.24) is 0 Å². The Morgan fingerprint density at radius 2 is 2.00 bits per heavy atom. The minimum absolute atomic E-state index is 0.0133. The van der Waals surface area contributed by atoms with Crippen LogP contribution in [0.5, 0.6) is 5.75 Å². The zero-order valence-corrected chi connectivity index (χ0v) is 10.1. The summed E-state index contributed by atoms with van der Waals surface area (Å²) >= 11 is 0. The standard InChI is InChI=1S/C11H13O5P/c1-2-11(12)14-8-9-15-17(13)16-10-6-4-3-5-7-10/h2-7,17H,1,8-9H2. The van der Waals surface area contributed by atoms with E-state index in [1.54, 1.807) is 24.3 Å². The van der Waals surface area contributed by atoms with Crippen molar-refractivity contribution in [2.24, 2.45) is 0 Å². The molecule has 0 saturated heterocycles. The van der Waals surface area contributed by atoms with Gasteiger partial charge in [0.2, 0.25) is 0 Å². The van der Waals surface area contributed by atoms with Crippen LogP contribution in [-0.4, -0.2) is 19.2 Å². The molecule has 0 aliphatic rings. The van der Waals surface area contributed by atoms with E-state index in [0.717, 1.165) is 6.08 Å². The van der Waals surface area contributed by atoms with Gasteiger partial charge < -0.3 is 9.26 Å². The molecule has 1 rings (SSSR count). The Kier molecular flexibility index (Phi) is 6.07. The van der Waals surface area contributed by atoms with E-state index >= 15 is 0 Å². The average Bonchev–Trinajstić information content (AvgIpc) is 2.35. The molecule has 1 aromatic carbocycles. The fourth-order valence-corrected chi connectivity index (χ4v) is 1.58. The molecule has 0 aromatic heterocycles. The van der Waals surface area contributed by atoms with Gasteiger partial charge in [0.25, 0.3) is 0 Å². The molecule has 0 bridgehead atoms. The number of carbonyl (C=O) groups is 1.